The van der Waals surface area contributed by atoms with Gasteiger partial charge in [0.1, 0.15) is 10.8 Å². The smallest absolute Gasteiger partial charge is 0.274 e. The fourth-order valence-corrected chi connectivity index (χ4v) is 2.98. The van der Waals surface area contributed by atoms with E-state index >= 15 is 0 Å². The number of carbonyl (C=O) groups is 1. The molecule has 0 bridgehead atoms. The van der Waals surface area contributed by atoms with Crippen LogP contribution in [0.3, 0.4) is 0 Å². The van der Waals surface area contributed by atoms with Crippen molar-refractivity contribution in [1.29, 1.82) is 0 Å². The third kappa shape index (κ3) is 3.10. The molecule has 1 aromatic rings. The highest BCUT2D eigenvalue weighted by atomic mass is 35.5. The normalized spacial score (nSPS) is 19.1. The molecular weight excluding hydrogens is 258 g/mol. The molecule has 0 unspecified atom stereocenters. The van der Waals surface area contributed by atoms with Gasteiger partial charge in [-0.05, 0) is 13.8 Å². The monoisotopic (exact) mass is 271 g/mol. The summed E-state index contributed by atoms with van der Waals surface area (Å²) < 4.78 is 0.105. The van der Waals surface area contributed by atoms with Gasteiger partial charge in [0, 0.05) is 23.6 Å². The van der Waals surface area contributed by atoms with Gasteiger partial charge in [-0.3, -0.25) is 4.79 Å². The molecular formula is C11H14ClN3OS. The van der Waals surface area contributed by atoms with E-state index in [1.54, 1.807) is 0 Å². The molecule has 92 valence electrons. The van der Waals surface area contributed by atoms with E-state index in [0.29, 0.717) is 10.8 Å². The summed E-state index contributed by atoms with van der Waals surface area (Å²) in [6.07, 6.45) is 2.83. The number of hydrogen-bond acceptors (Lipinski definition) is 4. The zero-order valence-corrected chi connectivity index (χ0v) is 11.4. The summed E-state index contributed by atoms with van der Waals surface area (Å²) in [6.45, 7) is 5.79. The first kappa shape index (κ1) is 12.6. The molecule has 1 saturated heterocycles. The third-order valence-electron chi connectivity index (χ3n) is 2.55. The number of nitrogens with zero attached hydrogens (tertiary/aromatic N) is 3. The maximum absolute atomic E-state index is 12.2. The van der Waals surface area contributed by atoms with Gasteiger partial charge in [-0.1, -0.05) is 11.6 Å². The van der Waals surface area contributed by atoms with Gasteiger partial charge < -0.3 is 4.90 Å². The average Bonchev–Trinajstić information content (AvgIpc) is 2.28. The number of rotatable bonds is 1. The van der Waals surface area contributed by atoms with Crippen LogP contribution in [0.5, 0.6) is 0 Å². The fourth-order valence-electron chi connectivity index (χ4n) is 1.77. The lowest BCUT2D eigenvalue weighted by atomic mass is 10.2. The fraction of sp³-hybridized carbons (Fsp3) is 0.545. The molecule has 1 aliphatic rings. The lowest BCUT2D eigenvalue weighted by Crippen LogP contribution is -2.46. The van der Waals surface area contributed by atoms with Crippen LogP contribution in [-0.4, -0.2) is 44.4 Å². The second-order valence-electron chi connectivity index (χ2n) is 4.56. The predicted molar refractivity (Wildman–Crippen MR) is 69.5 cm³/mol. The number of amides is 1. The summed E-state index contributed by atoms with van der Waals surface area (Å²) in [4.78, 5) is 21.9. The highest BCUT2D eigenvalue weighted by Gasteiger charge is 2.30. The Morgan fingerprint density at radius 2 is 2.24 bits per heavy atom. The van der Waals surface area contributed by atoms with Crippen LogP contribution >= 0.6 is 23.4 Å². The first-order valence-electron chi connectivity index (χ1n) is 5.39. The van der Waals surface area contributed by atoms with Crippen LogP contribution in [0.15, 0.2) is 12.4 Å². The maximum atomic E-state index is 12.2. The van der Waals surface area contributed by atoms with Crippen LogP contribution in [0, 0.1) is 0 Å². The second kappa shape index (κ2) is 4.82. The zero-order chi connectivity index (χ0) is 12.5. The highest BCUT2D eigenvalue weighted by Crippen LogP contribution is 2.29. The van der Waals surface area contributed by atoms with Crippen LogP contribution in [-0.2, 0) is 0 Å². The van der Waals surface area contributed by atoms with Gasteiger partial charge in [-0.15, -0.1) is 0 Å². The Morgan fingerprint density at radius 3 is 2.82 bits per heavy atom. The number of aromatic nitrogens is 2. The molecule has 17 heavy (non-hydrogen) atoms. The van der Waals surface area contributed by atoms with E-state index in [9.17, 15) is 4.79 Å². The topological polar surface area (TPSA) is 46.1 Å². The molecule has 1 aromatic heterocycles. The molecule has 1 aliphatic heterocycles. The van der Waals surface area contributed by atoms with Gasteiger partial charge in [0.15, 0.2) is 0 Å². The van der Waals surface area contributed by atoms with Crippen LogP contribution in [0.2, 0.25) is 5.15 Å². The van der Waals surface area contributed by atoms with E-state index in [-0.39, 0.29) is 10.7 Å². The summed E-state index contributed by atoms with van der Waals surface area (Å²) in [7, 11) is 0. The van der Waals surface area contributed by atoms with Gasteiger partial charge in [0.05, 0.1) is 12.4 Å². The minimum atomic E-state index is -0.0671. The first-order chi connectivity index (χ1) is 7.98. The van der Waals surface area contributed by atoms with Gasteiger partial charge in [-0.2, -0.15) is 11.8 Å². The van der Waals surface area contributed by atoms with Crippen molar-refractivity contribution in [3.8, 4) is 0 Å². The van der Waals surface area contributed by atoms with Crippen molar-refractivity contribution in [3.63, 3.8) is 0 Å². The van der Waals surface area contributed by atoms with Crippen LogP contribution in [0.25, 0.3) is 0 Å². The quantitative estimate of drug-likeness (QED) is 0.785. The predicted octanol–water partition coefficient (Wildman–Crippen LogP) is 2.10. The summed E-state index contributed by atoms with van der Waals surface area (Å²) >= 11 is 7.53. The van der Waals surface area contributed by atoms with E-state index < -0.39 is 0 Å². The van der Waals surface area contributed by atoms with Gasteiger partial charge in [0.2, 0.25) is 0 Å². The van der Waals surface area contributed by atoms with Crippen LogP contribution in [0.1, 0.15) is 24.3 Å². The van der Waals surface area contributed by atoms with Crippen LogP contribution < -0.4 is 0 Å². The van der Waals surface area contributed by atoms with E-state index in [1.165, 1.54) is 12.4 Å². The van der Waals surface area contributed by atoms with E-state index in [4.69, 9.17) is 11.6 Å². The second-order valence-corrected chi connectivity index (χ2v) is 6.75. The largest absolute Gasteiger partial charge is 0.335 e. The maximum Gasteiger partial charge on any atom is 0.274 e. The molecule has 0 saturated carbocycles. The number of hydrogen-bond donors (Lipinski definition) is 0. The standard InChI is InChI=1S/C11H14ClN3OS/c1-11(2)7-15(3-4-17-11)10(16)8-5-14-9(12)6-13-8/h5-6H,3-4,7H2,1-2H3. The van der Waals surface area contributed by atoms with Gasteiger partial charge >= 0.3 is 0 Å². The van der Waals surface area contributed by atoms with Crippen molar-refractivity contribution in [1.82, 2.24) is 14.9 Å². The van der Waals surface area contributed by atoms with E-state index in [2.05, 4.69) is 23.8 Å². The molecule has 4 nitrogen and oxygen atoms in total. The summed E-state index contributed by atoms with van der Waals surface area (Å²) in [5, 5.41) is 0.302. The molecule has 2 heterocycles. The highest BCUT2D eigenvalue weighted by molar-refractivity contribution is 8.00. The summed E-state index contributed by atoms with van der Waals surface area (Å²) in [5.41, 5.74) is 0.358. The molecule has 0 aromatic carbocycles. The van der Waals surface area contributed by atoms with Crippen LogP contribution in [0.4, 0.5) is 0 Å². The Hall–Kier alpha value is -0.810. The number of thioether (sulfide) groups is 1. The van der Waals surface area contributed by atoms with Gasteiger partial charge in [0.25, 0.3) is 5.91 Å². The number of halogens is 1. The zero-order valence-electron chi connectivity index (χ0n) is 9.81. The Bertz CT molecular complexity index is 421. The SMILES string of the molecule is CC1(C)CN(C(=O)c2cnc(Cl)cn2)CCS1. The molecule has 0 radical (unpaired) electrons. The lowest BCUT2D eigenvalue weighted by Gasteiger charge is -2.37. The molecule has 2 rings (SSSR count). The van der Waals surface area contributed by atoms with E-state index in [0.717, 1.165) is 18.8 Å². The Kier molecular flexibility index (Phi) is 3.58. The molecule has 1 amide bonds. The van der Waals surface area contributed by atoms with Crippen molar-refractivity contribution in [3.05, 3.63) is 23.2 Å². The van der Waals surface area contributed by atoms with Gasteiger partial charge in [-0.25, -0.2) is 9.97 Å². The average molecular weight is 272 g/mol. The van der Waals surface area contributed by atoms with Crippen molar-refractivity contribution in [2.24, 2.45) is 0 Å². The molecule has 1 fully saturated rings. The van der Waals surface area contributed by atoms with E-state index in [1.807, 2.05) is 16.7 Å². The summed E-state index contributed by atoms with van der Waals surface area (Å²) in [6, 6.07) is 0. The molecule has 0 aliphatic carbocycles. The van der Waals surface area contributed by atoms with Crippen molar-refractivity contribution in [2.75, 3.05) is 18.8 Å². The Morgan fingerprint density at radius 1 is 1.47 bits per heavy atom. The molecule has 0 N–H and O–H groups in total. The molecule has 6 heteroatoms. The lowest BCUT2D eigenvalue weighted by molar-refractivity contribution is 0.0741. The summed E-state index contributed by atoms with van der Waals surface area (Å²) in [5.74, 6) is 0.891. The Labute approximate surface area is 110 Å². The molecule has 0 spiro atoms. The van der Waals surface area contributed by atoms with Crippen molar-refractivity contribution >= 4 is 29.3 Å². The molecule has 0 atom stereocenters. The third-order valence-corrected chi connectivity index (χ3v) is 4.04. The minimum Gasteiger partial charge on any atom is -0.335 e. The minimum absolute atomic E-state index is 0.0671. The number of carbonyl (C=O) groups excluding carboxylic acids is 1. The van der Waals surface area contributed by atoms with Crippen molar-refractivity contribution in [2.45, 2.75) is 18.6 Å². The van der Waals surface area contributed by atoms with Crippen molar-refractivity contribution < 1.29 is 4.79 Å². The first-order valence-corrected chi connectivity index (χ1v) is 6.75. The Balaban J connectivity index is 2.12.